The number of rotatable bonds is 4. The van der Waals surface area contributed by atoms with Crippen molar-refractivity contribution in [2.24, 2.45) is 7.05 Å². The van der Waals surface area contributed by atoms with Gasteiger partial charge in [-0.1, -0.05) is 117 Å². The van der Waals surface area contributed by atoms with E-state index in [4.69, 9.17) is 2.74 Å². The van der Waals surface area contributed by atoms with Crippen LogP contribution in [0.1, 0.15) is 70.0 Å². The van der Waals surface area contributed by atoms with Crippen LogP contribution in [0, 0.1) is 13.1 Å². The Morgan fingerprint density at radius 1 is 0.824 bits per heavy atom. The topological polar surface area (TPSA) is 12.9 Å². The lowest BCUT2D eigenvalue weighted by atomic mass is 9.92. The molecule has 0 unspecified atom stereocenters. The average molecular weight is 450 g/mol. The average Bonchev–Trinajstić information content (AvgIpc) is 3.39. The number of para-hydroxylation sites is 2. The molecule has 0 fully saturated rings. The molecular weight excluding hydrogens is 414 g/mol. The third-order valence-corrected chi connectivity index (χ3v) is 6.54. The summed E-state index contributed by atoms with van der Waals surface area (Å²) in [5.74, 6) is -1.69. The molecule has 2 heterocycles. The van der Waals surface area contributed by atoms with Gasteiger partial charge in [0.2, 0.25) is 0 Å². The number of nitrogens with zero attached hydrogens (tertiary/aromatic N) is 3. The molecule has 1 aliphatic rings. The number of hydrogen-bond acceptors (Lipinski definition) is 0. The lowest BCUT2D eigenvalue weighted by Gasteiger charge is -2.19. The smallest absolute Gasteiger partial charge is 0.303 e. The highest BCUT2D eigenvalue weighted by Crippen LogP contribution is 2.38. The predicted octanol–water partition coefficient (Wildman–Crippen LogP) is 6.68. The Morgan fingerprint density at radius 3 is 2.12 bits per heavy atom. The fourth-order valence-electron chi connectivity index (χ4n) is 4.88. The van der Waals surface area contributed by atoms with Crippen LogP contribution < -0.4 is 10.2 Å². The van der Waals surface area contributed by atoms with Gasteiger partial charge >= 0.3 is 5.62 Å². The molecule has 0 N–H and O–H groups in total. The van der Waals surface area contributed by atoms with Crippen molar-refractivity contribution >= 4 is 11.3 Å². The molecule has 3 aromatic carbocycles. The van der Waals surface area contributed by atoms with E-state index in [0.717, 1.165) is 50.4 Å². The Kier molecular flexibility index (Phi) is 5.04. The maximum absolute atomic E-state index is 8.93. The van der Waals surface area contributed by atoms with Gasteiger partial charge in [-0.25, -0.2) is 4.57 Å². The van der Waals surface area contributed by atoms with Crippen molar-refractivity contribution in [3.8, 4) is 5.69 Å². The molecule has 0 saturated carbocycles. The minimum Gasteiger partial charge on any atom is -0.303 e. The van der Waals surface area contributed by atoms with E-state index in [0.29, 0.717) is 0 Å². The van der Waals surface area contributed by atoms with Crippen LogP contribution in [-0.4, -0.2) is 9.13 Å². The first-order chi connectivity index (χ1) is 17.0. The van der Waals surface area contributed by atoms with Gasteiger partial charge in [0.25, 0.3) is 0 Å². The maximum atomic E-state index is 8.93. The third kappa shape index (κ3) is 3.56. The molecule has 5 rings (SSSR count). The van der Waals surface area contributed by atoms with Crippen molar-refractivity contribution in [2.75, 3.05) is 0 Å². The van der Waals surface area contributed by atoms with E-state index in [9.17, 15) is 0 Å². The van der Waals surface area contributed by atoms with Crippen molar-refractivity contribution in [1.82, 2.24) is 13.7 Å². The highest BCUT2D eigenvalue weighted by molar-refractivity contribution is 5.88. The number of aryl methyl sites for hydroxylation is 2. The Bertz CT molecular complexity index is 1520. The van der Waals surface area contributed by atoms with Crippen molar-refractivity contribution in [1.29, 1.82) is 0 Å². The van der Waals surface area contributed by atoms with Gasteiger partial charge in [-0.15, -0.1) is 0 Å². The number of imidazole rings is 1. The molecule has 0 amide bonds. The Labute approximate surface area is 205 Å². The standard InChI is InChI=1S/C31H33N3/c1-21(2)25-15-11-16-26(22(3)4)30(25)33-19-18-32(6)31(33)34-20-28(24-13-8-7-9-14-24)27-17-10-12-23(5)29(27)34/h7-19,21-22H,1-6H3/i21D,22D. The minimum absolute atomic E-state index is 0.843. The number of aromatic nitrogens is 2. The van der Waals surface area contributed by atoms with Gasteiger partial charge in [0, 0.05) is 14.6 Å². The van der Waals surface area contributed by atoms with Crippen molar-refractivity contribution < 1.29 is 2.74 Å². The molecule has 0 atom stereocenters. The molecule has 1 aromatic heterocycles. The number of fused-ring (bicyclic) bond motifs is 1. The highest BCUT2D eigenvalue weighted by Gasteiger charge is 2.23. The van der Waals surface area contributed by atoms with Crippen LogP contribution in [0.25, 0.3) is 11.3 Å². The van der Waals surface area contributed by atoms with Crippen molar-refractivity contribution in [2.45, 2.75) is 46.4 Å². The second-order valence-corrected chi connectivity index (χ2v) is 9.44. The summed E-state index contributed by atoms with van der Waals surface area (Å²) in [6, 6.07) is 22.8. The first-order valence-electron chi connectivity index (χ1n) is 12.8. The molecule has 4 aromatic rings. The highest BCUT2D eigenvalue weighted by atomic mass is 15.2. The van der Waals surface area contributed by atoms with Gasteiger partial charge in [-0.05, 0) is 29.8 Å². The van der Waals surface area contributed by atoms with Crippen LogP contribution in [0.15, 0.2) is 79.1 Å². The molecule has 0 spiro atoms. The van der Waals surface area contributed by atoms with Gasteiger partial charge < -0.3 is 4.58 Å². The summed E-state index contributed by atoms with van der Waals surface area (Å²) < 4.78 is 24.2. The predicted molar refractivity (Wildman–Crippen MR) is 141 cm³/mol. The second-order valence-electron chi connectivity index (χ2n) is 9.44. The molecule has 0 saturated heterocycles. The van der Waals surface area contributed by atoms with Crippen LogP contribution in [0.5, 0.6) is 0 Å². The molecule has 0 bridgehead atoms. The SMILES string of the molecule is [2H]C(C)(C)c1cccc(C([2H])(C)C)c1-n1ccn(C)c1=[N+]1[C-]=C(c2ccccc2)c2cccc(C)c21. The van der Waals surface area contributed by atoms with Gasteiger partial charge in [-0.3, -0.25) is 4.57 Å². The molecular formula is C31H33N3. The summed E-state index contributed by atoms with van der Waals surface area (Å²) in [6.45, 7) is 9.76. The minimum atomic E-state index is -0.843. The molecule has 172 valence electrons. The molecule has 0 aliphatic carbocycles. The van der Waals surface area contributed by atoms with Crippen molar-refractivity contribution in [3.05, 3.63) is 119 Å². The van der Waals surface area contributed by atoms with E-state index < -0.39 is 11.8 Å². The monoisotopic (exact) mass is 449 g/mol. The largest absolute Gasteiger partial charge is 0.309 e. The zero-order chi connectivity index (χ0) is 25.8. The molecule has 0 radical (unpaired) electrons. The first kappa shape index (κ1) is 19.8. The Morgan fingerprint density at radius 2 is 1.47 bits per heavy atom. The maximum Gasteiger partial charge on any atom is 0.309 e. The second kappa shape index (κ2) is 8.64. The summed E-state index contributed by atoms with van der Waals surface area (Å²) >= 11 is 0. The fraction of sp³-hybridized carbons (Fsp3) is 0.258. The lowest BCUT2D eigenvalue weighted by Crippen LogP contribution is -2.35. The Hall–Kier alpha value is -3.59. The van der Waals surface area contributed by atoms with Gasteiger partial charge in [-0.2, -0.15) is 0 Å². The van der Waals surface area contributed by atoms with Gasteiger partial charge in [0.1, 0.15) is 5.69 Å². The summed E-state index contributed by atoms with van der Waals surface area (Å²) in [5.41, 5.74) is 9.13. The van der Waals surface area contributed by atoms with Gasteiger partial charge in [0.05, 0.1) is 19.4 Å². The summed E-state index contributed by atoms with van der Waals surface area (Å²) in [5, 5.41) is 0. The van der Waals surface area contributed by atoms with Gasteiger partial charge in [0.15, 0.2) is 0 Å². The third-order valence-electron chi connectivity index (χ3n) is 6.54. The van der Waals surface area contributed by atoms with Crippen LogP contribution in [-0.2, 0) is 7.05 Å². The summed E-state index contributed by atoms with van der Waals surface area (Å²) in [6.07, 6.45) is 7.77. The van der Waals surface area contributed by atoms with E-state index in [1.807, 2.05) is 71.4 Å². The normalized spacial score (nSPS) is 16.1. The number of benzene rings is 3. The number of hydrogen-bond donors (Lipinski definition) is 0. The first-order valence-corrected chi connectivity index (χ1v) is 11.8. The summed E-state index contributed by atoms with van der Waals surface area (Å²) in [4.78, 5) is 0. The lowest BCUT2D eigenvalue weighted by molar-refractivity contribution is 0.695. The summed E-state index contributed by atoms with van der Waals surface area (Å²) in [7, 11) is 2.03. The Balaban J connectivity index is 1.93. The van der Waals surface area contributed by atoms with Crippen LogP contribution in [0.2, 0.25) is 0 Å². The quantitative estimate of drug-likeness (QED) is 0.243. The van der Waals surface area contributed by atoms with Crippen molar-refractivity contribution in [3.63, 3.8) is 0 Å². The fourth-order valence-corrected chi connectivity index (χ4v) is 4.88. The zero-order valence-corrected chi connectivity index (χ0v) is 20.8. The van der Waals surface area contributed by atoms with E-state index in [-0.39, 0.29) is 0 Å². The van der Waals surface area contributed by atoms with E-state index in [2.05, 4.69) is 69.3 Å². The van der Waals surface area contributed by atoms with E-state index in [1.165, 1.54) is 0 Å². The molecule has 3 heteroatoms. The van der Waals surface area contributed by atoms with E-state index in [1.54, 1.807) is 0 Å². The van der Waals surface area contributed by atoms with Crippen LogP contribution >= 0.6 is 0 Å². The van der Waals surface area contributed by atoms with Crippen LogP contribution in [0.4, 0.5) is 5.69 Å². The molecule has 34 heavy (non-hydrogen) atoms. The zero-order valence-electron chi connectivity index (χ0n) is 22.8. The molecule has 3 nitrogen and oxygen atoms in total. The van der Waals surface area contributed by atoms with E-state index >= 15 is 0 Å². The van der Waals surface area contributed by atoms with Crippen LogP contribution in [0.3, 0.4) is 0 Å². The molecule has 1 aliphatic heterocycles.